The molecule has 4 N–H and O–H groups in total. The summed E-state index contributed by atoms with van der Waals surface area (Å²) in [5, 5.41) is 12.5. The van der Waals surface area contributed by atoms with Crippen molar-refractivity contribution in [1.82, 2.24) is 10.6 Å². The summed E-state index contributed by atoms with van der Waals surface area (Å²) in [5.74, 6) is 1.08. The summed E-state index contributed by atoms with van der Waals surface area (Å²) >= 11 is 0. The molecule has 6 rings (SSSR count). The molecule has 0 atom stereocenters. The van der Waals surface area contributed by atoms with Crippen molar-refractivity contribution in [2.24, 2.45) is 11.8 Å². The van der Waals surface area contributed by atoms with Gasteiger partial charge in [-0.05, 0) is 74.6 Å². The van der Waals surface area contributed by atoms with Gasteiger partial charge in [0.1, 0.15) is 0 Å². The number of rotatable bonds is 4. The van der Waals surface area contributed by atoms with Gasteiger partial charge in [0, 0.05) is 22.5 Å². The van der Waals surface area contributed by atoms with Crippen molar-refractivity contribution in [3.8, 4) is 0 Å². The smallest absolute Gasteiger partial charge is 0.319 e. The van der Waals surface area contributed by atoms with Crippen molar-refractivity contribution in [2.75, 3.05) is 10.6 Å². The Morgan fingerprint density at radius 1 is 0.667 bits per heavy atom. The third-order valence-electron chi connectivity index (χ3n) is 6.88. The number of benzene rings is 2. The second kappa shape index (κ2) is 7.35. The lowest BCUT2D eigenvalue weighted by molar-refractivity contribution is -0.0400. The van der Waals surface area contributed by atoms with Crippen LogP contribution in [0, 0.1) is 11.8 Å². The van der Waals surface area contributed by atoms with E-state index in [4.69, 9.17) is 0 Å². The predicted molar refractivity (Wildman–Crippen MR) is 117 cm³/mol. The quantitative estimate of drug-likeness (QED) is 0.595. The number of hydrogen-bond donors (Lipinski definition) is 4. The summed E-state index contributed by atoms with van der Waals surface area (Å²) in [7, 11) is 0. The Kier molecular flexibility index (Phi) is 4.65. The average Bonchev–Trinajstić information content (AvgIpc) is 2.67. The molecule has 0 unspecified atom stereocenters. The molecule has 0 spiro atoms. The Labute approximate surface area is 176 Å². The van der Waals surface area contributed by atoms with Gasteiger partial charge in [-0.1, -0.05) is 36.4 Å². The molecule has 4 amide bonds. The zero-order valence-corrected chi connectivity index (χ0v) is 17.0. The van der Waals surface area contributed by atoms with Crippen molar-refractivity contribution in [2.45, 2.75) is 49.6 Å². The first kappa shape index (κ1) is 19.0. The van der Waals surface area contributed by atoms with Crippen LogP contribution in [0.15, 0.2) is 60.7 Å². The van der Waals surface area contributed by atoms with E-state index in [2.05, 4.69) is 21.3 Å². The lowest BCUT2D eigenvalue weighted by atomic mass is 9.50. The van der Waals surface area contributed by atoms with Crippen LogP contribution in [0.3, 0.4) is 0 Å². The van der Waals surface area contributed by atoms with Crippen molar-refractivity contribution in [3.05, 3.63) is 60.7 Å². The average molecular weight is 405 g/mol. The molecule has 156 valence electrons. The third kappa shape index (κ3) is 3.86. The lowest BCUT2D eigenvalue weighted by Gasteiger charge is -2.62. The van der Waals surface area contributed by atoms with Gasteiger partial charge in [-0.2, -0.15) is 0 Å². The van der Waals surface area contributed by atoms with Crippen LogP contribution >= 0.6 is 0 Å². The highest BCUT2D eigenvalue weighted by molar-refractivity contribution is 5.90. The van der Waals surface area contributed by atoms with Gasteiger partial charge in [0.2, 0.25) is 0 Å². The molecule has 6 nitrogen and oxygen atoms in total. The second-order valence-electron chi connectivity index (χ2n) is 9.41. The summed E-state index contributed by atoms with van der Waals surface area (Å²) in [6.45, 7) is 0. The van der Waals surface area contributed by atoms with Gasteiger partial charge in [-0.3, -0.25) is 0 Å². The predicted octanol–water partition coefficient (Wildman–Crippen LogP) is 4.72. The highest BCUT2D eigenvalue weighted by Gasteiger charge is 2.58. The molecular weight excluding hydrogens is 376 g/mol. The van der Waals surface area contributed by atoms with Gasteiger partial charge in [0.05, 0.1) is 0 Å². The highest BCUT2D eigenvalue weighted by atomic mass is 16.2. The summed E-state index contributed by atoms with van der Waals surface area (Å²) in [4.78, 5) is 25.5. The summed E-state index contributed by atoms with van der Waals surface area (Å²) in [5.41, 5.74) is 1.08. The largest absolute Gasteiger partial charge is 0.332 e. The number of amides is 4. The van der Waals surface area contributed by atoms with E-state index in [0.717, 1.165) is 43.5 Å². The number of carbonyl (C=O) groups excluding carboxylic acids is 2. The summed E-state index contributed by atoms with van der Waals surface area (Å²) < 4.78 is 0. The van der Waals surface area contributed by atoms with Crippen LogP contribution in [0.5, 0.6) is 0 Å². The molecule has 4 bridgehead atoms. The molecule has 30 heavy (non-hydrogen) atoms. The fourth-order valence-electron chi connectivity index (χ4n) is 6.40. The molecule has 6 heteroatoms. The molecule has 0 heterocycles. The molecule has 0 aliphatic heterocycles. The standard InChI is InChI=1S/C24H28N4O2/c29-21(25-19-7-3-1-4-8-19)27-23-12-17-11-18(13-23)15-24(14-17,16-23)28-22(30)26-20-9-5-2-6-10-20/h1-10,17-18H,11-16H2,(H2,25,27,29)(H2,26,28,30). The van der Waals surface area contributed by atoms with Gasteiger partial charge in [0.15, 0.2) is 0 Å². The second-order valence-corrected chi connectivity index (χ2v) is 9.41. The van der Waals surface area contributed by atoms with E-state index in [9.17, 15) is 9.59 Å². The number of nitrogens with one attached hydrogen (secondary N) is 4. The van der Waals surface area contributed by atoms with E-state index >= 15 is 0 Å². The van der Waals surface area contributed by atoms with E-state index in [1.807, 2.05) is 60.7 Å². The molecule has 2 aromatic rings. The molecule has 0 aromatic heterocycles. The van der Waals surface area contributed by atoms with E-state index in [-0.39, 0.29) is 23.1 Å². The molecule has 4 fully saturated rings. The fourth-order valence-corrected chi connectivity index (χ4v) is 6.40. The van der Waals surface area contributed by atoms with Crippen LogP contribution in [0.2, 0.25) is 0 Å². The van der Waals surface area contributed by atoms with Crippen molar-refractivity contribution < 1.29 is 9.59 Å². The Bertz CT molecular complexity index is 843. The number of anilines is 2. The monoisotopic (exact) mass is 404 g/mol. The molecule has 2 aromatic carbocycles. The third-order valence-corrected chi connectivity index (χ3v) is 6.88. The van der Waals surface area contributed by atoms with E-state index in [1.54, 1.807) is 0 Å². The fraction of sp³-hybridized carbons (Fsp3) is 0.417. The topological polar surface area (TPSA) is 82.3 Å². The molecule has 4 aliphatic rings. The Morgan fingerprint density at radius 2 is 1.07 bits per heavy atom. The van der Waals surface area contributed by atoms with E-state index in [0.29, 0.717) is 11.8 Å². The van der Waals surface area contributed by atoms with Gasteiger partial charge < -0.3 is 21.3 Å². The number of para-hydroxylation sites is 2. The number of carbonyl (C=O) groups is 2. The maximum Gasteiger partial charge on any atom is 0.319 e. The van der Waals surface area contributed by atoms with E-state index in [1.165, 1.54) is 6.42 Å². The first-order valence-corrected chi connectivity index (χ1v) is 10.8. The molecule has 4 aliphatic carbocycles. The summed E-state index contributed by atoms with van der Waals surface area (Å²) in [6.07, 6.45) is 5.97. The summed E-state index contributed by atoms with van der Waals surface area (Å²) in [6, 6.07) is 18.7. The van der Waals surface area contributed by atoms with Crippen molar-refractivity contribution in [1.29, 1.82) is 0 Å². The van der Waals surface area contributed by atoms with Crippen LogP contribution in [-0.4, -0.2) is 23.1 Å². The minimum atomic E-state index is -0.247. The van der Waals surface area contributed by atoms with E-state index < -0.39 is 0 Å². The first-order valence-electron chi connectivity index (χ1n) is 10.8. The maximum atomic E-state index is 12.7. The molecular formula is C24H28N4O2. The van der Waals surface area contributed by atoms with Crippen molar-refractivity contribution in [3.63, 3.8) is 0 Å². The van der Waals surface area contributed by atoms with Crippen LogP contribution in [-0.2, 0) is 0 Å². The van der Waals surface area contributed by atoms with Crippen LogP contribution < -0.4 is 21.3 Å². The van der Waals surface area contributed by atoms with Gasteiger partial charge >= 0.3 is 12.1 Å². The first-order chi connectivity index (χ1) is 14.5. The molecule has 4 saturated carbocycles. The minimum absolute atomic E-state index is 0.160. The zero-order valence-electron chi connectivity index (χ0n) is 17.0. The maximum absolute atomic E-state index is 12.7. The SMILES string of the molecule is O=C(Nc1ccccc1)NC12CC3CC(C1)CC(NC(=O)Nc1ccccc1)(C3)C2. The number of urea groups is 2. The Morgan fingerprint density at radius 3 is 1.47 bits per heavy atom. The van der Waals surface area contributed by atoms with Gasteiger partial charge in [-0.15, -0.1) is 0 Å². The van der Waals surface area contributed by atoms with Crippen LogP contribution in [0.1, 0.15) is 38.5 Å². The zero-order chi connectivity index (χ0) is 20.6. The minimum Gasteiger partial charge on any atom is -0.332 e. The molecule has 0 saturated heterocycles. The Hall–Kier alpha value is -3.02. The highest BCUT2D eigenvalue weighted by Crippen LogP contribution is 2.57. The lowest BCUT2D eigenvalue weighted by Crippen LogP contribution is -2.70. The Balaban J connectivity index is 1.28. The van der Waals surface area contributed by atoms with Gasteiger partial charge in [-0.25, -0.2) is 9.59 Å². The normalized spacial score (nSPS) is 31.1. The van der Waals surface area contributed by atoms with Crippen LogP contribution in [0.25, 0.3) is 0 Å². The van der Waals surface area contributed by atoms with Gasteiger partial charge in [0.25, 0.3) is 0 Å². The number of hydrogen-bond acceptors (Lipinski definition) is 2. The van der Waals surface area contributed by atoms with Crippen molar-refractivity contribution >= 4 is 23.4 Å². The van der Waals surface area contributed by atoms with Crippen LogP contribution in [0.4, 0.5) is 21.0 Å². The molecule has 0 radical (unpaired) electrons.